The van der Waals surface area contributed by atoms with Gasteiger partial charge >= 0.3 is 5.97 Å². The van der Waals surface area contributed by atoms with Gasteiger partial charge in [0.2, 0.25) is 0 Å². The van der Waals surface area contributed by atoms with Gasteiger partial charge in [-0.1, -0.05) is 18.2 Å². The van der Waals surface area contributed by atoms with Crippen LogP contribution in [0.3, 0.4) is 0 Å². The van der Waals surface area contributed by atoms with Crippen molar-refractivity contribution in [3.05, 3.63) is 48.0 Å². The van der Waals surface area contributed by atoms with Crippen molar-refractivity contribution in [1.29, 1.82) is 0 Å². The average Bonchev–Trinajstić information content (AvgIpc) is 2.95. The van der Waals surface area contributed by atoms with E-state index in [0.717, 1.165) is 0 Å². The summed E-state index contributed by atoms with van der Waals surface area (Å²) in [6, 6.07) is 6.86. The molecule has 1 aliphatic heterocycles. The van der Waals surface area contributed by atoms with E-state index < -0.39 is 11.8 Å². The first-order valence-corrected chi connectivity index (χ1v) is 10.7. The number of fused-ring (bicyclic) bond motifs is 1. The predicted octanol–water partition coefficient (Wildman–Crippen LogP) is 4.49. The van der Waals surface area contributed by atoms with Crippen LogP contribution in [0.5, 0.6) is 0 Å². The van der Waals surface area contributed by atoms with Crippen molar-refractivity contribution >= 4 is 17.8 Å². The molecule has 1 fully saturated rings. The Morgan fingerprint density at radius 3 is 2.20 bits per heavy atom. The van der Waals surface area contributed by atoms with E-state index in [1.54, 1.807) is 30.3 Å². The second-order valence-corrected chi connectivity index (χ2v) is 8.99. The highest BCUT2D eigenvalue weighted by molar-refractivity contribution is 6.21. The highest BCUT2D eigenvalue weighted by atomic mass is 16.6. The maximum atomic E-state index is 12.9. The minimum Gasteiger partial charge on any atom is -0.460 e. The molecule has 0 unspecified atom stereocenters. The zero-order valence-corrected chi connectivity index (χ0v) is 18.1. The fourth-order valence-electron chi connectivity index (χ4n) is 4.03. The molecule has 1 aromatic rings. The van der Waals surface area contributed by atoms with Gasteiger partial charge in [-0.2, -0.15) is 0 Å². The lowest BCUT2D eigenvalue weighted by Crippen LogP contribution is -2.44. The second-order valence-electron chi connectivity index (χ2n) is 8.99. The molecule has 0 bridgehead atoms. The molecule has 0 N–H and O–H groups in total. The van der Waals surface area contributed by atoms with Crippen molar-refractivity contribution in [2.75, 3.05) is 0 Å². The van der Waals surface area contributed by atoms with E-state index in [4.69, 9.17) is 9.47 Å². The van der Waals surface area contributed by atoms with Crippen LogP contribution < -0.4 is 0 Å². The molecule has 0 spiro atoms. The minimum absolute atomic E-state index is 0.109. The van der Waals surface area contributed by atoms with Crippen LogP contribution in [0.4, 0.5) is 0 Å². The van der Waals surface area contributed by atoms with Gasteiger partial charge in [0.15, 0.2) is 0 Å². The third-order valence-corrected chi connectivity index (χ3v) is 5.50. The largest absolute Gasteiger partial charge is 0.460 e. The number of ether oxygens (including phenoxy) is 2. The third kappa shape index (κ3) is 4.98. The molecular formula is C24H31NO5. The van der Waals surface area contributed by atoms with Gasteiger partial charge in [0.05, 0.1) is 23.1 Å². The Kier molecular flexibility index (Phi) is 6.76. The molecule has 6 heteroatoms. The van der Waals surface area contributed by atoms with Crippen molar-refractivity contribution in [1.82, 2.24) is 4.90 Å². The summed E-state index contributed by atoms with van der Waals surface area (Å²) >= 11 is 0. The molecule has 162 valence electrons. The summed E-state index contributed by atoms with van der Waals surface area (Å²) in [6.45, 7) is 9.35. The monoisotopic (exact) mass is 413 g/mol. The molecule has 3 rings (SSSR count). The first-order chi connectivity index (χ1) is 14.2. The van der Waals surface area contributed by atoms with Crippen LogP contribution in [0, 0.1) is 5.92 Å². The number of carbonyl (C=O) groups excluding carboxylic acids is 3. The Morgan fingerprint density at radius 1 is 1.13 bits per heavy atom. The number of amides is 2. The lowest BCUT2D eigenvalue weighted by atomic mass is 9.87. The van der Waals surface area contributed by atoms with Crippen molar-refractivity contribution in [2.45, 2.75) is 77.2 Å². The molecule has 0 aromatic heterocycles. The summed E-state index contributed by atoms with van der Waals surface area (Å²) in [6.07, 6.45) is 4.88. The topological polar surface area (TPSA) is 72.9 Å². The fourth-order valence-corrected chi connectivity index (χ4v) is 4.03. The van der Waals surface area contributed by atoms with E-state index in [2.05, 4.69) is 6.58 Å². The highest BCUT2D eigenvalue weighted by Crippen LogP contribution is 2.32. The van der Waals surface area contributed by atoms with Crippen LogP contribution in [0.15, 0.2) is 36.9 Å². The number of carbonyl (C=O) groups is 3. The molecular weight excluding hydrogens is 382 g/mol. The number of benzene rings is 1. The summed E-state index contributed by atoms with van der Waals surface area (Å²) in [5.74, 6) is -0.918. The number of hydrogen-bond acceptors (Lipinski definition) is 5. The van der Waals surface area contributed by atoms with Crippen molar-refractivity contribution in [3.8, 4) is 0 Å². The summed E-state index contributed by atoms with van der Waals surface area (Å²) in [7, 11) is 0. The van der Waals surface area contributed by atoms with Gasteiger partial charge in [0, 0.05) is 0 Å². The number of rotatable bonds is 7. The molecule has 1 heterocycles. The summed E-state index contributed by atoms with van der Waals surface area (Å²) in [4.78, 5) is 39.3. The standard InChI is InChI=1S/C24H31NO5/c1-5-6-11-20(25-21(26)18-9-7-8-10-19(18)22(25)27)29-17-14-12-16(13-15-17)23(28)30-24(2,3)4/h5,7-10,16-17,20H,1,6,11-15H2,2-4H3/t16?,17?,20-/m0/s1. The summed E-state index contributed by atoms with van der Waals surface area (Å²) in [5.41, 5.74) is 0.345. The van der Waals surface area contributed by atoms with E-state index in [0.29, 0.717) is 49.7 Å². The van der Waals surface area contributed by atoms with Crippen molar-refractivity contribution in [3.63, 3.8) is 0 Å². The Hall–Kier alpha value is -2.47. The summed E-state index contributed by atoms with van der Waals surface area (Å²) in [5, 5.41) is 0. The van der Waals surface area contributed by atoms with Gasteiger partial charge in [-0.15, -0.1) is 6.58 Å². The molecule has 30 heavy (non-hydrogen) atoms. The number of hydrogen-bond donors (Lipinski definition) is 0. The van der Waals surface area contributed by atoms with E-state index in [1.807, 2.05) is 20.8 Å². The molecule has 0 saturated heterocycles. The molecule has 0 radical (unpaired) electrons. The lowest BCUT2D eigenvalue weighted by Gasteiger charge is -2.34. The van der Waals surface area contributed by atoms with Gasteiger partial charge in [0.25, 0.3) is 11.8 Å². The van der Waals surface area contributed by atoms with E-state index in [9.17, 15) is 14.4 Å². The molecule has 1 aliphatic carbocycles. The molecule has 2 amide bonds. The molecule has 1 aromatic carbocycles. The Labute approximate surface area is 178 Å². The zero-order chi connectivity index (χ0) is 21.9. The highest BCUT2D eigenvalue weighted by Gasteiger charge is 2.41. The molecule has 1 atom stereocenters. The maximum absolute atomic E-state index is 12.9. The van der Waals surface area contributed by atoms with Gasteiger partial charge < -0.3 is 9.47 Å². The SMILES string of the molecule is C=CCC[C@H](OC1CCC(C(=O)OC(C)(C)C)CC1)N1C(=O)c2ccccc2C1=O. The zero-order valence-electron chi connectivity index (χ0n) is 18.1. The Balaban J connectivity index is 1.64. The van der Waals surface area contributed by atoms with Crippen LogP contribution in [0.2, 0.25) is 0 Å². The van der Waals surface area contributed by atoms with E-state index in [-0.39, 0.29) is 29.8 Å². The predicted molar refractivity (Wildman–Crippen MR) is 113 cm³/mol. The van der Waals surface area contributed by atoms with Crippen LogP contribution in [-0.4, -0.2) is 40.6 Å². The Bertz CT molecular complexity index is 782. The van der Waals surface area contributed by atoms with E-state index >= 15 is 0 Å². The maximum Gasteiger partial charge on any atom is 0.309 e. The first-order valence-electron chi connectivity index (χ1n) is 10.7. The number of esters is 1. The van der Waals surface area contributed by atoms with Gasteiger partial charge in [-0.25, -0.2) is 4.90 Å². The van der Waals surface area contributed by atoms with Crippen molar-refractivity contribution < 1.29 is 23.9 Å². The normalized spacial score (nSPS) is 22.6. The lowest BCUT2D eigenvalue weighted by molar-refractivity contribution is -0.163. The molecule has 1 saturated carbocycles. The number of nitrogens with zero attached hydrogens (tertiary/aromatic N) is 1. The minimum atomic E-state index is -0.640. The van der Waals surface area contributed by atoms with Gasteiger partial charge in [0.1, 0.15) is 11.8 Å². The molecule has 2 aliphatic rings. The molecule has 6 nitrogen and oxygen atoms in total. The van der Waals surface area contributed by atoms with Crippen LogP contribution in [-0.2, 0) is 14.3 Å². The van der Waals surface area contributed by atoms with Gasteiger partial charge in [-0.3, -0.25) is 14.4 Å². The average molecular weight is 414 g/mol. The number of allylic oxidation sites excluding steroid dienone is 1. The van der Waals surface area contributed by atoms with Crippen molar-refractivity contribution in [2.24, 2.45) is 5.92 Å². The second kappa shape index (κ2) is 9.13. The quantitative estimate of drug-likeness (QED) is 0.374. The number of imide groups is 1. The van der Waals surface area contributed by atoms with Crippen LogP contribution >= 0.6 is 0 Å². The van der Waals surface area contributed by atoms with Gasteiger partial charge in [-0.05, 0) is 71.4 Å². The van der Waals surface area contributed by atoms with Crippen LogP contribution in [0.1, 0.15) is 80.0 Å². The summed E-state index contributed by atoms with van der Waals surface area (Å²) < 4.78 is 11.8. The third-order valence-electron chi connectivity index (χ3n) is 5.50. The smallest absolute Gasteiger partial charge is 0.309 e. The first kappa shape index (κ1) is 22.2. The van der Waals surface area contributed by atoms with Crippen LogP contribution in [0.25, 0.3) is 0 Å². The Morgan fingerprint density at radius 2 is 1.70 bits per heavy atom. The fraction of sp³-hybridized carbons (Fsp3) is 0.542. The van der Waals surface area contributed by atoms with E-state index in [1.165, 1.54) is 4.90 Å².